The fraction of sp³-hybridized carbons (Fsp3) is 0.345. The number of para-hydroxylation sites is 2. The maximum Gasteiger partial charge on any atom is 0.326 e. The van der Waals surface area contributed by atoms with Crippen LogP contribution in [0, 0.1) is 0 Å². The van der Waals surface area contributed by atoms with E-state index in [-0.39, 0.29) is 30.5 Å². The van der Waals surface area contributed by atoms with Gasteiger partial charge in [0.2, 0.25) is 0 Å². The second kappa shape index (κ2) is 13.7. The van der Waals surface area contributed by atoms with Gasteiger partial charge < -0.3 is 9.88 Å². The summed E-state index contributed by atoms with van der Waals surface area (Å²) in [4.78, 5) is 20.4. The Morgan fingerprint density at radius 2 is 1.22 bits per heavy atom. The molecule has 4 aromatic rings. The Labute approximate surface area is 225 Å². The molecule has 1 fully saturated rings. The predicted octanol–water partition coefficient (Wildman–Crippen LogP) is 5.75. The Morgan fingerprint density at radius 1 is 0.667 bits per heavy atom. The molecular weight excluding hydrogens is 491 g/mol. The number of aromatic nitrogens is 2. The SMILES string of the molecule is Cl.Cl.O=c1[nH]c2ccccc2n1CCCCCN1CCN(C(c2ccccc2)c2ccccc2)CC1. The zero-order valence-corrected chi connectivity index (χ0v) is 22.2. The molecule has 3 aromatic carbocycles. The van der Waals surface area contributed by atoms with Crippen LogP contribution in [-0.2, 0) is 6.54 Å². The highest BCUT2D eigenvalue weighted by atomic mass is 35.5. The molecule has 192 valence electrons. The summed E-state index contributed by atoms with van der Waals surface area (Å²) >= 11 is 0. The van der Waals surface area contributed by atoms with Crippen LogP contribution < -0.4 is 5.69 Å². The third kappa shape index (κ3) is 6.60. The minimum absolute atomic E-state index is 0. The van der Waals surface area contributed by atoms with Crippen molar-refractivity contribution < 1.29 is 0 Å². The summed E-state index contributed by atoms with van der Waals surface area (Å²) in [7, 11) is 0. The number of nitrogens with one attached hydrogen (secondary N) is 1. The number of unbranched alkanes of at least 4 members (excludes halogenated alkanes) is 2. The van der Waals surface area contributed by atoms with Gasteiger partial charge in [0, 0.05) is 32.7 Å². The van der Waals surface area contributed by atoms with Crippen LogP contribution in [0.15, 0.2) is 89.7 Å². The number of hydrogen-bond donors (Lipinski definition) is 1. The van der Waals surface area contributed by atoms with Gasteiger partial charge in [-0.15, -0.1) is 24.8 Å². The average Bonchev–Trinajstić information content (AvgIpc) is 3.21. The van der Waals surface area contributed by atoms with Crippen molar-refractivity contribution in [3.8, 4) is 0 Å². The number of benzene rings is 3. The molecule has 5 nitrogen and oxygen atoms in total. The van der Waals surface area contributed by atoms with Gasteiger partial charge in [0.15, 0.2) is 0 Å². The van der Waals surface area contributed by atoms with Gasteiger partial charge in [0.25, 0.3) is 0 Å². The van der Waals surface area contributed by atoms with Crippen molar-refractivity contribution in [3.63, 3.8) is 0 Å². The van der Waals surface area contributed by atoms with E-state index < -0.39 is 0 Å². The number of halogens is 2. The van der Waals surface area contributed by atoms with Gasteiger partial charge in [-0.25, -0.2) is 4.79 Å². The number of imidazole rings is 1. The van der Waals surface area contributed by atoms with Crippen molar-refractivity contribution in [1.29, 1.82) is 0 Å². The van der Waals surface area contributed by atoms with Crippen LogP contribution in [0.3, 0.4) is 0 Å². The third-order valence-electron chi connectivity index (χ3n) is 7.04. The van der Waals surface area contributed by atoms with E-state index in [1.807, 2.05) is 28.8 Å². The monoisotopic (exact) mass is 526 g/mol. The summed E-state index contributed by atoms with van der Waals surface area (Å²) in [5.41, 5.74) is 4.68. The van der Waals surface area contributed by atoms with Crippen molar-refractivity contribution in [3.05, 3.63) is 107 Å². The van der Waals surface area contributed by atoms with E-state index in [2.05, 4.69) is 75.4 Å². The number of aryl methyl sites for hydroxylation is 1. The van der Waals surface area contributed by atoms with Gasteiger partial charge in [-0.05, 0) is 42.6 Å². The molecule has 1 aliphatic rings. The summed E-state index contributed by atoms with van der Waals surface area (Å²) in [5, 5.41) is 0. The number of fused-ring (bicyclic) bond motifs is 1. The molecule has 0 unspecified atom stereocenters. The van der Waals surface area contributed by atoms with Crippen molar-refractivity contribution in [1.82, 2.24) is 19.4 Å². The zero-order chi connectivity index (χ0) is 23.2. The number of aromatic amines is 1. The fourth-order valence-electron chi connectivity index (χ4n) is 5.24. The molecule has 5 rings (SSSR count). The smallest absolute Gasteiger partial charge is 0.306 e. The Morgan fingerprint density at radius 3 is 1.86 bits per heavy atom. The lowest BCUT2D eigenvalue weighted by Gasteiger charge is -2.39. The van der Waals surface area contributed by atoms with E-state index in [1.165, 1.54) is 17.5 Å². The van der Waals surface area contributed by atoms with Crippen LogP contribution in [0.5, 0.6) is 0 Å². The Kier molecular flexibility index (Phi) is 10.6. The Hall–Kier alpha value is -2.57. The van der Waals surface area contributed by atoms with Crippen molar-refractivity contribution in [2.45, 2.75) is 31.8 Å². The molecule has 36 heavy (non-hydrogen) atoms. The predicted molar refractivity (Wildman–Crippen MR) is 154 cm³/mol. The molecule has 2 heterocycles. The zero-order valence-electron chi connectivity index (χ0n) is 20.6. The van der Waals surface area contributed by atoms with Gasteiger partial charge in [-0.2, -0.15) is 0 Å². The quantitative estimate of drug-likeness (QED) is 0.282. The van der Waals surface area contributed by atoms with Crippen LogP contribution in [0.1, 0.15) is 36.4 Å². The first-order valence-corrected chi connectivity index (χ1v) is 12.5. The number of piperazine rings is 1. The molecule has 0 aliphatic carbocycles. The standard InChI is InChI=1S/C29H34N4O.2ClH/c34-29-30-26-16-8-9-17-27(26)33(29)19-11-3-10-18-31-20-22-32(23-21-31)28(24-12-4-1-5-13-24)25-14-6-2-7-15-25;;/h1-2,4-9,12-17,28H,3,10-11,18-23H2,(H,30,34);2*1H. The Balaban J connectivity index is 0.00000180. The van der Waals surface area contributed by atoms with E-state index in [9.17, 15) is 4.79 Å². The second-order valence-corrected chi connectivity index (χ2v) is 9.26. The van der Waals surface area contributed by atoms with Gasteiger partial charge in [-0.3, -0.25) is 9.47 Å². The van der Waals surface area contributed by atoms with Crippen molar-refractivity contribution in [2.75, 3.05) is 32.7 Å². The summed E-state index contributed by atoms with van der Waals surface area (Å²) in [6.07, 6.45) is 3.35. The van der Waals surface area contributed by atoms with Crippen LogP contribution in [0.4, 0.5) is 0 Å². The van der Waals surface area contributed by atoms with Crippen LogP contribution >= 0.6 is 24.8 Å². The van der Waals surface area contributed by atoms with Gasteiger partial charge in [-0.1, -0.05) is 79.2 Å². The molecule has 1 aliphatic heterocycles. The Bertz CT molecular complexity index is 1190. The maximum atomic E-state index is 12.2. The highest BCUT2D eigenvalue weighted by molar-refractivity contribution is 5.85. The number of nitrogens with zero attached hydrogens (tertiary/aromatic N) is 3. The molecule has 0 spiro atoms. The first kappa shape index (κ1) is 28.0. The van der Waals surface area contributed by atoms with Crippen LogP contribution in [0.2, 0.25) is 0 Å². The third-order valence-corrected chi connectivity index (χ3v) is 7.04. The largest absolute Gasteiger partial charge is 0.326 e. The summed E-state index contributed by atoms with van der Waals surface area (Å²) < 4.78 is 1.88. The molecule has 7 heteroatoms. The lowest BCUT2D eigenvalue weighted by atomic mass is 9.96. The molecule has 1 N–H and O–H groups in total. The summed E-state index contributed by atoms with van der Waals surface area (Å²) in [5.74, 6) is 0. The van der Waals surface area contributed by atoms with E-state index in [4.69, 9.17) is 0 Å². The molecule has 0 radical (unpaired) electrons. The summed E-state index contributed by atoms with van der Waals surface area (Å²) in [6, 6.07) is 30.0. The van der Waals surface area contributed by atoms with Gasteiger partial charge in [0.05, 0.1) is 17.1 Å². The number of rotatable bonds is 9. The number of H-pyrrole nitrogens is 1. The van der Waals surface area contributed by atoms with Crippen LogP contribution in [-0.4, -0.2) is 52.1 Å². The molecule has 0 bridgehead atoms. The van der Waals surface area contributed by atoms with Crippen molar-refractivity contribution >= 4 is 35.8 Å². The molecular formula is C29H36Cl2N4O. The van der Waals surface area contributed by atoms with E-state index >= 15 is 0 Å². The summed E-state index contributed by atoms with van der Waals surface area (Å²) in [6.45, 7) is 6.30. The lowest BCUT2D eigenvalue weighted by Crippen LogP contribution is -2.48. The fourth-order valence-corrected chi connectivity index (χ4v) is 5.24. The van der Waals surface area contributed by atoms with Gasteiger partial charge >= 0.3 is 5.69 Å². The molecule has 0 amide bonds. The highest BCUT2D eigenvalue weighted by Gasteiger charge is 2.26. The van der Waals surface area contributed by atoms with E-state index in [1.54, 1.807) is 0 Å². The molecule has 0 atom stereocenters. The molecule has 0 saturated carbocycles. The molecule has 1 saturated heterocycles. The van der Waals surface area contributed by atoms with E-state index in [0.29, 0.717) is 6.04 Å². The normalized spacial score (nSPS) is 14.5. The van der Waals surface area contributed by atoms with Crippen LogP contribution in [0.25, 0.3) is 11.0 Å². The second-order valence-electron chi connectivity index (χ2n) is 9.26. The van der Waals surface area contributed by atoms with E-state index in [0.717, 1.165) is 63.1 Å². The lowest BCUT2D eigenvalue weighted by molar-refractivity contribution is 0.108. The first-order chi connectivity index (χ1) is 16.8. The first-order valence-electron chi connectivity index (χ1n) is 12.5. The maximum absolute atomic E-state index is 12.2. The number of hydrogen-bond acceptors (Lipinski definition) is 3. The minimum atomic E-state index is 0. The highest BCUT2D eigenvalue weighted by Crippen LogP contribution is 2.29. The van der Waals surface area contributed by atoms with Crippen molar-refractivity contribution in [2.24, 2.45) is 0 Å². The molecule has 1 aromatic heterocycles. The average molecular weight is 528 g/mol. The van der Waals surface area contributed by atoms with Gasteiger partial charge in [0.1, 0.15) is 0 Å². The minimum Gasteiger partial charge on any atom is -0.306 e. The topological polar surface area (TPSA) is 44.3 Å².